The number of nitrogens with zero attached hydrogens (tertiary/aromatic N) is 3. The highest BCUT2D eigenvalue weighted by atomic mass is 16.3. The highest BCUT2D eigenvalue weighted by Gasteiger charge is 2.42. The van der Waals surface area contributed by atoms with Gasteiger partial charge in [0.2, 0.25) is 0 Å². The number of benzene rings is 1. The van der Waals surface area contributed by atoms with Crippen LogP contribution in [-0.2, 0) is 13.0 Å². The summed E-state index contributed by atoms with van der Waals surface area (Å²) in [4.78, 5) is 22.7. The molecule has 5 heteroatoms. The number of pyridine rings is 1. The lowest BCUT2D eigenvalue weighted by molar-refractivity contribution is 0.0471. The largest absolute Gasteiger partial charge is 0.465 e. The average molecular weight is 444 g/mol. The SMILES string of the molecule is Cc1ccc(CN2CCC([C@H](Cc3ccccc3)N(C(=O)c3ccccn3)C3CC3)CC2)o1. The standard InChI is InChI=1S/C28H33N3O2/c1-21-10-13-25(33-21)20-30-17-14-23(15-18-30)27(19-22-7-3-2-4-8-22)31(24-11-12-24)28(32)26-9-5-6-16-29-26/h2-10,13,16,23-24,27H,11-12,14-15,17-20H2,1H3/t27-/m0/s1. The Morgan fingerprint density at radius 2 is 1.79 bits per heavy atom. The lowest BCUT2D eigenvalue weighted by Crippen LogP contribution is -2.50. The lowest BCUT2D eigenvalue weighted by atomic mass is 9.84. The Balaban J connectivity index is 1.34. The number of hydrogen-bond acceptors (Lipinski definition) is 4. The summed E-state index contributed by atoms with van der Waals surface area (Å²) >= 11 is 0. The van der Waals surface area contributed by atoms with Gasteiger partial charge in [0.15, 0.2) is 0 Å². The molecule has 0 bridgehead atoms. The number of carbonyl (C=O) groups is 1. The number of likely N-dealkylation sites (tertiary alicyclic amines) is 1. The van der Waals surface area contributed by atoms with Crippen molar-refractivity contribution in [2.24, 2.45) is 5.92 Å². The van der Waals surface area contributed by atoms with Crippen molar-refractivity contribution >= 4 is 5.91 Å². The molecule has 5 nitrogen and oxygen atoms in total. The van der Waals surface area contributed by atoms with Gasteiger partial charge in [0.25, 0.3) is 5.91 Å². The zero-order chi connectivity index (χ0) is 22.6. The molecule has 1 saturated carbocycles. The predicted octanol–water partition coefficient (Wildman–Crippen LogP) is 5.11. The number of amides is 1. The maximum atomic E-state index is 13.6. The second-order valence-corrected chi connectivity index (χ2v) is 9.54. The number of aromatic nitrogens is 1. The van der Waals surface area contributed by atoms with Gasteiger partial charge in [0, 0.05) is 18.3 Å². The fourth-order valence-corrected chi connectivity index (χ4v) is 5.20. The van der Waals surface area contributed by atoms with Crippen molar-refractivity contribution in [3.05, 3.63) is 89.6 Å². The van der Waals surface area contributed by atoms with E-state index in [9.17, 15) is 4.79 Å². The Kier molecular flexibility index (Phi) is 6.58. The first-order valence-electron chi connectivity index (χ1n) is 12.2. The molecule has 0 spiro atoms. The van der Waals surface area contributed by atoms with Gasteiger partial charge in [-0.15, -0.1) is 0 Å². The summed E-state index contributed by atoms with van der Waals surface area (Å²) in [5.74, 6) is 2.58. The Morgan fingerprint density at radius 3 is 2.42 bits per heavy atom. The molecule has 1 saturated heterocycles. The quantitative estimate of drug-likeness (QED) is 0.485. The van der Waals surface area contributed by atoms with Gasteiger partial charge in [0.05, 0.1) is 6.54 Å². The lowest BCUT2D eigenvalue weighted by Gasteiger charge is -2.41. The molecule has 172 valence electrons. The normalized spacial score (nSPS) is 18.2. The third-order valence-corrected chi connectivity index (χ3v) is 7.06. The number of piperidine rings is 1. The van der Waals surface area contributed by atoms with Gasteiger partial charge in [-0.25, -0.2) is 0 Å². The van der Waals surface area contributed by atoms with Crippen LogP contribution in [0.25, 0.3) is 0 Å². The summed E-state index contributed by atoms with van der Waals surface area (Å²) in [5.41, 5.74) is 1.86. The molecule has 2 aromatic heterocycles. The van der Waals surface area contributed by atoms with Crippen LogP contribution in [0.1, 0.15) is 53.3 Å². The Hall–Kier alpha value is -2.92. The van der Waals surface area contributed by atoms with Crippen molar-refractivity contribution in [3.8, 4) is 0 Å². The molecule has 1 aliphatic carbocycles. The van der Waals surface area contributed by atoms with Crippen molar-refractivity contribution < 1.29 is 9.21 Å². The van der Waals surface area contributed by atoms with Gasteiger partial charge in [0.1, 0.15) is 17.2 Å². The van der Waals surface area contributed by atoms with E-state index in [1.165, 1.54) is 5.56 Å². The fourth-order valence-electron chi connectivity index (χ4n) is 5.20. The van der Waals surface area contributed by atoms with E-state index in [2.05, 4.69) is 51.2 Å². The summed E-state index contributed by atoms with van der Waals surface area (Å²) in [5, 5.41) is 0. The highest BCUT2D eigenvalue weighted by molar-refractivity contribution is 5.93. The number of hydrogen-bond donors (Lipinski definition) is 0. The van der Waals surface area contributed by atoms with Crippen LogP contribution in [0.3, 0.4) is 0 Å². The van der Waals surface area contributed by atoms with Crippen molar-refractivity contribution in [3.63, 3.8) is 0 Å². The van der Waals surface area contributed by atoms with Crippen LogP contribution in [0.4, 0.5) is 0 Å². The first-order valence-corrected chi connectivity index (χ1v) is 12.2. The number of aryl methyl sites for hydroxylation is 1. The topological polar surface area (TPSA) is 49.6 Å². The summed E-state index contributed by atoms with van der Waals surface area (Å²) < 4.78 is 5.80. The van der Waals surface area contributed by atoms with Gasteiger partial charge in [-0.1, -0.05) is 36.4 Å². The molecule has 33 heavy (non-hydrogen) atoms. The maximum Gasteiger partial charge on any atom is 0.272 e. The summed E-state index contributed by atoms with van der Waals surface area (Å²) in [6, 6.07) is 20.9. The van der Waals surface area contributed by atoms with Crippen LogP contribution in [0, 0.1) is 12.8 Å². The molecule has 0 radical (unpaired) electrons. The maximum absolute atomic E-state index is 13.6. The van der Waals surface area contributed by atoms with Crippen molar-refractivity contribution in [1.82, 2.24) is 14.8 Å². The monoisotopic (exact) mass is 443 g/mol. The molecule has 2 fully saturated rings. The van der Waals surface area contributed by atoms with E-state index < -0.39 is 0 Å². The Labute approximate surface area is 196 Å². The van der Waals surface area contributed by atoms with Gasteiger partial charge >= 0.3 is 0 Å². The van der Waals surface area contributed by atoms with E-state index in [-0.39, 0.29) is 11.9 Å². The minimum atomic E-state index is 0.0903. The number of carbonyl (C=O) groups excluding carboxylic acids is 1. The first kappa shape index (κ1) is 21.9. The predicted molar refractivity (Wildman–Crippen MR) is 129 cm³/mol. The molecule has 0 N–H and O–H groups in total. The molecule has 0 unspecified atom stereocenters. The second kappa shape index (κ2) is 9.92. The van der Waals surface area contributed by atoms with Crippen LogP contribution in [0.2, 0.25) is 0 Å². The van der Waals surface area contributed by atoms with Crippen molar-refractivity contribution in [2.75, 3.05) is 13.1 Å². The van der Waals surface area contributed by atoms with E-state index >= 15 is 0 Å². The zero-order valence-corrected chi connectivity index (χ0v) is 19.4. The van der Waals surface area contributed by atoms with Crippen LogP contribution >= 0.6 is 0 Å². The minimum absolute atomic E-state index is 0.0903. The molecule has 3 heterocycles. The second-order valence-electron chi connectivity index (χ2n) is 9.54. The fraction of sp³-hybridized carbons (Fsp3) is 0.429. The van der Waals surface area contributed by atoms with Crippen molar-refractivity contribution in [2.45, 2.75) is 57.7 Å². The molecule has 1 atom stereocenters. The van der Waals surface area contributed by atoms with E-state index in [1.54, 1.807) is 6.20 Å². The van der Waals surface area contributed by atoms with Crippen LogP contribution in [0.15, 0.2) is 71.3 Å². The molecule has 3 aromatic rings. The third-order valence-electron chi connectivity index (χ3n) is 7.06. The number of rotatable bonds is 8. The van der Waals surface area contributed by atoms with Gasteiger partial charge < -0.3 is 9.32 Å². The van der Waals surface area contributed by atoms with Gasteiger partial charge in [-0.05, 0) is 87.9 Å². The summed E-state index contributed by atoms with van der Waals surface area (Å²) in [7, 11) is 0. The first-order chi connectivity index (χ1) is 16.2. The van der Waals surface area contributed by atoms with E-state index in [1.807, 2.05) is 31.2 Å². The zero-order valence-electron chi connectivity index (χ0n) is 19.4. The number of furan rings is 1. The van der Waals surface area contributed by atoms with Crippen molar-refractivity contribution in [1.29, 1.82) is 0 Å². The smallest absolute Gasteiger partial charge is 0.272 e. The van der Waals surface area contributed by atoms with Crippen LogP contribution in [0.5, 0.6) is 0 Å². The molecule has 1 aromatic carbocycles. The van der Waals surface area contributed by atoms with E-state index in [4.69, 9.17) is 4.42 Å². The van der Waals surface area contributed by atoms with Gasteiger partial charge in [-0.3, -0.25) is 14.7 Å². The third kappa shape index (κ3) is 5.36. The van der Waals surface area contributed by atoms with Crippen LogP contribution in [-0.4, -0.2) is 45.9 Å². The molecule has 5 rings (SSSR count). The molecule has 1 aliphatic heterocycles. The van der Waals surface area contributed by atoms with E-state index in [0.29, 0.717) is 17.7 Å². The summed E-state index contributed by atoms with van der Waals surface area (Å²) in [6.07, 6.45) is 7.00. The molecule has 2 aliphatic rings. The minimum Gasteiger partial charge on any atom is -0.465 e. The summed E-state index contributed by atoms with van der Waals surface area (Å²) in [6.45, 7) is 4.93. The highest BCUT2D eigenvalue weighted by Crippen LogP contribution is 2.36. The Bertz CT molecular complexity index is 1040. The van der Waals surface area contributed by atoms with Crippen LogP contribution < -0.4 is 0 Å². The molecule has 1 amide bonds. The average Bonchev–Trinajstić information content (AvgIpc) is 3.61. The molecular weight excluding hydrogens is 410 g/mol. The van der Waals surface area contributed by atoms with Gasteiger partial charge in [-0.2, -0.15) is 0 Å². The molecular formula is C28H33N3O2. The Morgan fingerprint density at radius 1 is 1.03 bits per heavy atom. The van der Waals surface area contributed by atoms with E-state index in [0.717, 1.165) is 63.3 Å².